The second-order valence-corrected chi connectivity index (χ2v) is 12.7. The van der Waals surface area contributed by atoms with E-state index in [9.17, 15) is 4.79 Å². The Kier molecular flexibility index (Phi) is 4.49. The summed E-state index contributed by atoms with van der Waals surface area (Å²) >= 11 is 6.23. The van der Waals surface area contributed by atoms with E-state index in [2.05, 4.69) is 33.7 Å². The number of H-pyrrole nitrogens is 1. The fraction of sp³-hybridized carbons (Fsp3) is 0.500. The average molecular weight is 351 g/mol. The molecule has 0 aromatic carbocycles. The van der Waals surface area contributed by atoms with Gasteiger partial charge in [0, 0.05) is 11.1 Å². The lowest BCUT2D eigenvalue weighted by atomic mass is 10.2. The van der Waals surface area contributed by atoms with Crippen LogP contribution in [0.5, 0.6) is 0 Å². The molecule has 1 saturated heterocycles. The Bertz CT molecular complexity index is 743. The first-order chi connectivity index (χ1) is 10.8. The predicted octanol–water partition coefficient (Wildman–Crippen LogP) is 3.21. The molecule has 3 N–H and O–H groups in total. The van der Waals surface area contributed by atoms with Crippen LogP contribution in [0.25, 0.3) is 11.0 Å². The average Bonchev–Trinajstić information content (AvgIpc) is 2.81. The van der Waals surface area contributed by atoms with Crippen molar-refractivity contribution in [2.75, 3.05) is 6.17 Å². The van der Waals surface area contributed by atoms with Crippen LogP contribution in [0.3, 0.4) is 0 Å². The summed E-state index contributed by atoms with van der Waals surface area (Å²) in [6, 6.07) is 4.88. The summed E-state index contributed by atoms with van der Waals surface area (Å²) in [7, 11) is -1.15. The lowest BCUT2D eigenvalue weighted by Crippen LogP contribution is -2.49. The molecule has 5 nitrogen and oxygen atoms in total. The molecular formula is C16H23ClN4OSi. The van der Waals surface area contributed by atoms with Crippen molar-refractivity contribution in [1.29, 1.82) is 0 Å². The van der Waals surface area contributed by atoms with E-state index in [1.54, 1.807) is 12.1 Å². The van der Waals surface area contributed by atoms with Gasteiger partial charge in [0.1, 0.15) is 11.3 Å². The van der Waals surface area contributed by atoms with Gasteiger partial charge in [-0.1, -0.05) is 37.2 Å². The number of nitrogens with one attached hydrogen (secondary N) is 3. The van der Waals surface area contributed by atoms with Gasteiger partial charge >= 0.3 is 0 Å². The molecular weight excluding hydrogens is 328 g/mol. The molecule has 1 amide bonds. The number of halogens is 1. The maximum Gasteiger partial charge on any atom is 0.268 e. The molecule has 0 bridgehead atoms. The van der Waals surface area contributed by atoms with Crippen LogP contribution in [-0.4, -0.2) is 36.3 Å². The molecule has 1 aliphatic rings. The van der Waals surface area contributed by atoms with Gasteiger partial charge in [-0.05, 0) is 31.6 Å². The molecule has 1 fully saturated rings. The molecule has 1 unspecified atom stereocenters. The number of carbonyl (C=O) groups excluding carboxylic acids is 1. The monoisotopic (exact) mass is 350 g/mol. The van der Waals surface area contributed by atoms with E-state index in [-0.39, 0.29) is 12.1 Å². The van der Waals surface area contributed by atoms with Crippen molar-refractivity contribution in [2.24, 2.45) is 0 Å². The number of hydrogen-bond donors (Lipinski definition) is 3. The first-order valence-electron chi connectivity index (χ1n) is 8.04. The summed E-state index contributed by atoms with van der Waals surface area (Å²) in [5.74, 6) is -0.115. The summed E-state index contributed by atoms with van der Waals surface area (Å²) in [6.07, 6.45) is 3.21. The van der Waals surface area contributed by atoms with Crippen molar-refractivity contribution in [1.82, 2.24) is 20.6 Å². The topological polar surface area (TPSA) is 69.8 Å². The predicted molar refractivity (Wildman–Crippen MR) is 96.6 cm³/mol. The third-order valence-electron chi connectivity index (χ3n) is 4.40. The van der Waals surface area contributed by atoms with Crippen molar-refractivity contribution >= 4 is 36.6 Å². The van der Waals surface area contributed by atoms with Crippen LogP contribution >= 0.6 is 11.6 Å². The number of carbonyl (C=O) groups is 1. The Morgan fingerprint density at radius 2 is 2.22 bits per heavy atom. The van der Waals surface area contributed by atoms with Gasteiger partial charge < -0.3 is 15.6 Å². The third-order valence-corrected chi connectivity index (χ3v) is 7.58. The first kappa shape index (κ1) is 16.5. The van der Waals surface area contributed by atoms with Crippen molar-refractivity contribution in [2.45, 2.75) is 45.1 Å². The largest absolute Gasteiger partial charge is 0.335 e. The minimum atomic E-state index is -1.15. The summed E-state index contributed by atoms with van der Waals surface area (Å²) < 4.78 is 0. The molecule has 3 heterocycles. The number of amides is 1. The van der Waals surface area contributed by atoms with Crippen LogP contribution in [0.4, 0.5) is 0 Å². The van der Waals surface area contributed by atoms with E-state index in [0.717, 1.165) is 30.1 Å². The van der Waals surface area contributed by atoms with Gasteiger partial charge in [-0.15, -0.1) is 0 Å². The van der Waals surface area contributed by atoms with Crippen LogP contribution in [0.2, 0.25) is 24.2 Å². The highest BCUT2D eigenvalue weighted by Crippen LogP contribution is 2.24. The molecule has 2 aromatic rings. The van der Waals surface area contributed by atoms with E-state index in [1.807, 2.05) is 6.92 Å². The van der Waals surface area contributed by atoms with Crippen molar-refractivity contribution in [3.05, 3.63) is 28.5 Å². The Balaban J connectivity index is 1.74. The normalized spacial score (nSPS) is 21.1. The van der Waals surface area contributed by atoms with Gasteiger partial charge in [-0.3, -0.25) is 4.79 Å². The van der Waals surface area contributed by atoms with Crippen LogP contribution in [0.15, 0.2) is 12.1 Å². The van der Waals surface area contributed by atoms with Crippen LogP contribution < -0.4 is 10.6 Å². The quantitative estimate of drug-likeness (QED) is 0.728. The number of aromatic nitrogens is 2. The van der Waals surface area contributed by atoms with Crippen LogP contribution in [-0.2, 0) is 0 Å². The van der Waals surface area contributed by atoms with Gasteiger partial charge in [0.25, 0.3) is 5.91 Å². The van der Waals surface area contributed by atoms with Gasteiger partial charge in [0.05, 0.1) is 19.3 Å². The highest BCUT2D eigenvalue weighted by atomic mass is 35.5. The van der Waals surface area contributed by atoms with Gasteiger partial charge in [-0.25, -0.2) is 4.98 Å². The highest BCUT2D eigenvalue weighted by Gasteiger charge is 2.26. The molecule has 3 rings (SSSR count). The lowest BCUT2D eigenvalue weighted by Gasteiger charge is -2.21. The second kappa shape index (κ2) is 6.26. The minimum Gasteiger partial charge on any atom is -0.335 e. The van der Waals surface area contributed by atoms with E-state index < -0.39 is 8.07 Å². The molecule has 23 heavy (non-hydrogen) atoms. The Labute approximate surface area is 142 Å². The molecule has 7 heteroatoms. The first-order valence-corrected chi connectivity index (χ1v) is 11.8. The van der Waals surface area contributed by atoms with Gasteiger partial charge in [0.2, 0.25) is 0 Å². The zero-order chi connectivity index (χ0) is 16.6. The summed E-state index contributed by atoms with van der Waals surface area (Å²) in [4.78, 5) is 20.0. The maximum absolute atomic E-state index is 12.5. The molecule has 0 aliphatic carbocycles. The number of pyridine rings is 1. The maximum atomic E-state index is 12.5. The minimum absolute atomic E-state index is 0.0355. The van der Waals surface area contributed by atoms with E-state index in [1.165, 1.54) is 6.04 Å². The van der Waals surface area contributed by atoms with E-state index in [4.69, 9.17) is 11.6 Å². The Hall–Kier alpha value is -1.37. The summed E-state index contributed by atoms with van der Waals surface area (Å²) in [5.41, 5.74) is 1.99. The van der Waals surface area contributed by atoms with Crippen molar-refractivity contribution in [3.63, 3.8) is 0 Å². The second-order valence-electron chi connectivity index (χ2n) is 7.15. The zero-order valence-electron chi connectivity index (χ0n) is 13.8. The van der Waals surface area contributed by atoms with Crippen LogP contribution in [0.1, 0.15) is 29.0 Å². The number of rotatable bonds is 2. The number of nitrogens with zero attached hydrogens (tertiary/aromatic N) is 1. The SMILES string of the molecule is Cc1cc(Cl)c2cc(C(=O)NC3CCC[Si](C)(C)CN3)[nH]c2n1. The fourth-order valence-electron chi connectivity index (χ4n) is 3.04. The smallest absolute Gasteiger partial charge is 0.268 e. The van der Waals surface area contributed by atoms with E-state index >= 15 is 0 Å². The highest BCUT2D eigenvalue weighted by molar-refractivity contribution is 6.77. The third kappa shape index (κ3) is 3.76. The molecule has 124 valence electrons. The molecule has 0 radical (unpaired) electrons. The number of aryl methyl sites for hydroxylation is 1. The molecule has 1 aliphatic heterocycles. The molecule has 0 saturated carbocycles. The molecule has 2 aromatic heterocycles. The van der Waals surface area contributed by atoms with E-state index in [0.29, 0.717) is 16.4 Å². The number of aromatic amines is 1. The Morgan fingerprint density at radius 3 is 3.00 bits per heavy atom. The Morgan fingerprint density at radius 1 is 1.43 bits per heavy atom. The van der Waals surface area contributed by atoms with Crippen molar-refractivity contribution < 1.29 is 4.79 Å². The lowest BCUT2D eigenvalue weighted by molar-refractivity contribution is 0.0924. The number of hydrogen-bond acceptors (Lipinski definition) is 3. The van der Waals surface area contributed by atoms with Gasteiger partial charge in [-0.2, -0.15) is 0 Å². The number of fused-ring (bicyclic) bond motifs is 1. The fourth-order valence-corrected chi connectivity index (χ4v) is 5.48. The van der Waals surface area contributed by atoms with Gasteiger partial charge in [0.15, 0.2) is 0 Å². The standard InChI is InChI=1S/C16H23ClN4OSi/c1-10-7-12(17)11-8-13(20-15(11)19-10)16(22)21-14-5-4-6-23(2,3)9-18-14/h7-8,14,18H,4-6,9H2,1-3H3,(H,19,20)(H,21,22). The zero-order valence-corrected chi connectivity index (χ0v) is 15.5. The van der Waals surface area contributed by atoms with Crippen molar-refractivity contribution in [3.8, 4) is 0 Å². The summed E-state index contributed by atoms with van der Waals surface area (Å²) in [6.45, 7) is 6.66. The molecule has 1 atom stereocenters. The molecule has 0 spiro atoms. The summed E-state index contributed by atoms with van der Waals surface area (Å²) in [5, 5.41) is 7.98. The van der Waals surface area contributed by atoms with Crippen LogP contribution in [0, 0.1) is 6.92 Å².